The predicted molar refractivity (Wildman–Crippen MR) is 83.8 cm³/mol. The molecule has 1 aliphatic heterocycles. The van der Waals surface area contributed by atoms with Crippen LogP contribution in [0.15, 0.2) is 36.5 Å². The number of urea groups is 1. The maximum atomic E-state index is 12.5. The van der Waals surface area contributed by atoms with Crippen LogP contribution in [0.2, 0.25) is 0 Å². The molecular weight excluding hydrogens is 282 g/mol. The van der Waals surface area contributed by atoms with E-state index in [4.69, 9.17) is 4.74 Å². The van der Waals surface area contributed by atoms with Crippen LogP contribution in [0.4, 0.5) is 10.5 Å². The molecule has 0 aliphatic carbocycles. The number of benzene rings is 1. The summed E-state index contributed by atoms with van der Waals surface area (Å²) in [5.41, 5.74) is 1.41. The van der Waals surface area contributed by atoms with Gasteiger partial charge in [0.05, 0.1) is 36.6 Å². The van der Waals surface area contributed by atoms with Crippen LogP contribution in [0.1, 0.15) is 6.92 Å². The van der Waals surface area contributed by atoms with Crippen molar-refractivity contribution in [2.24, 2.45) is 0 Å². The molecule has 1 fully saturated rings. The maximum Gasteiger partial charge on any atom is 0.322 e. The highest BCUT2D eigenvalue weighted by Gasteiger charge is 2.33. The van der Waals surface area contributed by atoms with Crippen molar-refractivity contribution in [2.75, 3.05) is 25.1 Å². The van der Waals surface area contributed by atoms with Gasteiger partial charge in [0.2, 0.25) is 0 Å². The van der Waals surface area contributed by atoms with Gasteiger partial charge in [-0.25, -0.2) is 4.79 Å². The van der Waals surface area contributed by atoms with Crippen molar-refractivity contribution in [3.63, 3.8) is 0 Å². The van der Waals surface area contributed by atoms with E-state index in [1.165, 1.54) is 0 Å². The van der Waals surface area contributed by atoms with Gasteiger partial charge in [0, 0.05) is 18.1 Å². The summed E-state index contributed by atoms with van der Waals surface area (Å²) in [6, 6.07) is 8.89. The summed E-state index contributed by atoms with van der Waals surface area (Å²) in [5, 5.41) is 13.8. The van der Waals surface area contributed by atoms with Gasteiger partial charge in [0.15, 0.2) is 0 Å². The monoisotopic (exact) mass is 301 g/mol. The molecule has 2 heterocycles. The van der Waals surface area contributed by atoms with Gasteiger partial charge in [-0.05, 0) is 19.1 Å². The van der Waals surface area contributed by atoms with Crippen molar-refractivity contribution < 1.29 is 14.6 Å². The van der Waals surface area contributed by atoms with Gasteiger partial charge in [0.25, 0.3) is 0 Å². The molecule has 0 radical (unpaired) electrons. The van der Waals surface area contributed by atoms with Gasteiger partial charge in [-0.15, -0.1) is 0 Å². The lowest BCUT2D eigenvalue weighted by Gasteiger charge is -2.29. The number of aromatic nitrogens is 1. The van der Waals surface area contributed by atoms with E-state index in [-0.39, 0.29) is 18.7 Å². The van der Waals surface area contributed by atoms with E-state index in [0.717, 1.165) is 10.9 Å². The number of anilines is 1. The highest BCUT2D eigenvalue weighted by molar-refractivity contribution is 5.99. The predicted octanol–water partition coefficient (Wildman–Crippen LogP) is 1.85. The molecule has 3 rings (SSSR count). The van der Waals surface area contributed by atoms with Crippen molar-refractivity contribution in [2.45, 2.75) is 19.1 Å². The third-order valence-electron chi connectivity index (χ3n) is 3.90. The Bertz CT molecular complexity index is 671. The number of para-hydroxylation sites is 1. The summed E-state index contributed by atoms with van der Waals surface area (Å²) in [6.07, 6.45) is 1.06. The number of ether oxygens (including phenoxy) is 1. The lowest BCUT2D eigenvalue weighted by Crippen LogP contribution is -2.48. The summed E-state index contributed by atoms with van der Waals surface area (Å²) in [4.78, 5) is 18.5. The molecule has 116 valence electrons. The van der Waals surface area contributed by atoms with Gasteiger partial charge < -0.3 is 20.1 Å². The minimum atomic E-state index is -0.642. The number of nitrogens with zero attached hydrogens (tertiary/aromatic N) is 2. The normalized spacial score (nSPS) is 21.0. The molecule has 1 aromatic heterocycles. The minimum absolute atomic E-state index is 0.254. The molecule has 1 aliphatic rings. The molecule has 2 aromatic rings. The average Bonchev–Trinajstić information content (AvgIpc) is 2.95. The van der Waals surface area contributed by atoms with E-state index in [1.807, 2.05) is 37.3 Å². The number of carbonyl (C=O) groups is 1. The number of likely N-dealkylation sites (N-methyl/N-ethyl adjacent to an activating group) is 1. The van der Waals surface area contributed by atoms with Gasteiger partial charge in [-0.2, -0.15) is 0 Å². The topological polar surface area (TPSA) is 74.7 Å². The van der Waals surface area contributed by atoms with Crippen LogP contribution in [0.25, 0.3) is 10.9 Å². The first-order chi connectivity index (χ1) is 10.7. The number of aliphatic hydroxyl groups is 1. The summed E-state index contributed by atoms with van der Waals surface area (Å²) in [6.45, 7) is 3.00. The highest BCUT2D eigenvalue weighted by Crippen LogP contribution is 2.22. The van der Waals surface area contributed by atoms with Crippen LogP contribution in [0.5, 0.6) is 0 Å². The van der Waals surface area contributed by atoms with E-state index in [2.05, 4.69) is 10.3 Å². The number of nitrogens with one attached hydrogen (secondary N) is 1. The second-order valence-electron chi connectivity index (χ2n) is 5.27. The number of pyridine rings is 1. The van der Waals surface area contributed by atoms with Crippen LogP contribution in [-0.4, -0.2) is 52.9 Å². The van der Waals surface area contributed by atoms with Gasteiger partial charge >= 0.3 is 6.03 Å². The fourth-order valence-electron chi connectivity index (χ4n) is 2.75. The lowest BCUT2D eigenvalue weighted by atomic mass is 10.2. The molecule has 2 amide bonds. The zero-order valence-electron chi connectivity index (χ0n) is 12.4. The fraction of sp³-hybridized carbons (Fsp3) is 0.375. The number of hydrogen-bond donors (Lipinski definition) is 2. The molecule has 22 heavy (non-hydrogen) atoms. The van der Waals surface area contributed by atoms with E-state index in [0.29, 0.717) is 18.8 Å². The first-order valence-corrected chi connectivity index (χ1v) is 7.38. The van der Waals surface area contributed by atoms with Crippen LogP contribution in [-0.2, 0) is 4.74 Å². The first-order valence-electron chi connectivity index (χ1n) is 7.38. The second-order valence-corrected chi connectivity index (χ2v) is 5.27. The highest BCUT2D eigenvalue weighted by atomic mass is 16.5. The molecule has 0 unspecified atom stereocenters. The van der Waals surface area contributed by atoms with E-state index >= 15 is 0 Å². The van der Waals surface area contributed by atoms with Crippen molar-refractivity contribution in [1.82, 2.24) is 9.88 Å². The van der Waals surface area contributed by atoms with E-state index in [9.17, 15) is 9.90 Å². The van der Waals surface area contributed by atoms with Gasteiger partial charge in [-0.1, -0.05) is 18.2 Å². The Kier molecular flexibility index (Phi) is 4.22. The number of carbonyl (C=O) groups excluding carboxylic acids is 1. The Balaban J connectivity index is 1.83. The molecule has 1 saturated heterocycles. The molecule has 1 aromatic carbocycles. The van der Waals surface area contributed by atoms with Crippen LogP contribution in [0.3, 0.4) is 0 Å². The Hall–Kier alpha value is -2.18. The molecule has 2 N–H and O–H groups in total. The SMILES string of the molecule is CCN(C(=O)Nc1cccc2cccnc12)[C@@H]1COC[C@H]1O. The first kappa shape index (κ1) is 14.7. The Morgan fingerprint density at radius 1 is 1.41 bits per heavy atom. The minimum Gasteiger partial charge on any atom is -0.388 e. The Labute approximate surface area is 128 Å². The van der Waals surface area contributed by atoms with Gasteiger partial charge in [0.1, 0.15) is 0 Å². The summed E-state index contributed by atoms with van der Waals surface area (Å²) >= 11 is 0. The number of amides is 2. The van der Waals surface area contributed by atoms with Crippen molar-refractivity contribution >= 4 is 22.6 Å². The standard InChI is InChI=1S/C16H19N3O3/c1-2-19(13-9-22-10-14(13)20)16(21)18-12-7-3-5-11-6-4-8-17-15(11)12/h3-8,13-14,20H,2,9-10H2,1H3,(H,18,21)/t13-,14-/m1/s1. The number of aliphatic hydroxyl groups excluding tert-OH is 1. The molecular formula is C16H19N3O3. The average molecular weight is 301 g/mol. The largest absolute Gasteiger partial charge is 0.388 e. The van der Waals surface area contributed by atoms with Gasteiger partial charge in [-0.3, -0.25) is 4.98 Å². The molecule has 0 spiro atoms. The maximum absolute atomic E-state index is 12.5. The van der Waals surface area contributed by atoms with Crippen molar-refractivity contribution in [3.8, 4) is 0 Å². The smallest absolute Gasteiger partial charge is 0.322 e. The lowest BCUT2D eigenvalue weighted by molar-refractivity contribution is 0.1000. The fourth-order valence-corrected chi connectivity index (χ4v) is 2.75. The number of rotatable bonds is 3. The van der Waals surface area contributed by atoms with Crippen LogP contribution >= 0.6 is 0 Å². The Morgan fingerprint density at radius 2 is 2.23 bits per heavy atom. The molecule has 6 heteroatoms. The van der Waals surface area contributed by atoms with E-state index in [1.54, 1.807) is 11.1 Å². The van der Waals surface area contributed by atoms with Crippen molar-refractivity contribution in [1.29, 1.82) is 0 Å². The van der Waals surface area contributed by atoms with Crippen LogP contribution in [0, 0.1) is 0 Å². The second kappa shape index (κ2) is 6.29. The number of fused-ring (bicyclic) bond motifs is 1. The summed E-state index contributed by atoms with van der Waals surface area (Å²) in [7, 11) is 0. The quantitative estimate of drug-likeness (QED) is 0.907. The molecule has 0 saturated carbocycles. The zero-order chi connectivity index (χ0) is 15.5. The molecule has 6 nitrogen and oxygen atoms in total. The van der Waals surface area contributed by atoms with Crippen LogP contribution < -0.4 is 5.32 Å². The third-order valence-corrected chi connectivity index (χ3v) is 3.90. The molecule has 2 atom stereocenters. The molecule has 0 bridgehead atoms. The van der Waals surface area contributed by atoms with E-state index < -0.39 is 6.10 Å². The zero-order valence-corrected chi connectivity index (χ0v) is 12.4. The van der Waals surface area contributed by atoms with Crippen molar-refractivity contribution in [3.05, 3.63) is 36.5 Å². The summed E-state index contributed by atoms with van der Waals surface area (Å²) < 4.78 is 5.24. The Morgan fingerprint density at radius 3 is 2.95 bits per heavy atom. The number of hydrogen-bond acceptors (Lipinski definition) is 4. The third kappa shape index (κ3) is 2.75. The summed E-state index contributed by atoms with van der Waals surface area (Å²) in [5.74, 6) is 0.